The Hall–Kier alpha value is -3.76. The summed E-state index contributed by atoms with van der Waals surface area (Å²) in [5.41, 5.74) is 1.25. The van der Waals surface area contributed by atoms with E-state index in [0.717, 1.165) is 31.4 Å². The van der Waals surface area contributed by atoms with Gasteiger partial charge in [-0.05, 0) is 39.5 Å². The third-order valence-electron chi connectivity index (χ3n) is 5.92. The Morgan fingerprint density at radius 3 is 2.84 bits per heavy atom. The molecule has 202 valence electrons. The van der Waals surface area contributed by atoms with Crippen LogP contribution in [-0.2, 0) is 9.53 Å². The molecule has 1 aromatic heterocycles. The first-order chi connectivity index (χ1) is 17.8. The molecule has 2 atom stereocenters. The number of aliphatic imine (C=N–C) groups is 1. The molecule has 1 aliphatic carbocycles. The minimum absolute atomic E-state index is 0.0209. The van der Waals surface area contributed by atoms with Gasteiger partial charge in [-0.3, -0.25) is 14.9 Å². The number of anilines is 1. The van der Waals surface area contributed by atoms with Crippen LogP contribution in [0.3, 0.4) is 0 Å². The van der Waals surface area contributed by atoms with E-state index in [2.05, 4.69) is 32.7 Å². The van der Waals surface area contributed by atoms with Crippen LogP contribution in [0.2, 0.25) is 0 Å². The third kappa shape index (κ3) is 8.40. The van der Waals surface area contributed by atoms with E-state index >= 15 is 0 Å². The normalized spacial score (nSPS) is 17.2. The Bertz CT molecular complexity index is 1080. The second kappa shape index (κ2) is 13.5. The summed E-state index contributed by atoms with van der Waals surface area (Å²) >= 11 is 0. The third-order valence-corrected chi connectivity index (χ3v) is 5.92. The van der Waals surface area contributed by atoms with Crippen molar-refractivity contribution in [3.8, 4) is 17.2 Å². The number of amides is 2. The van der Waals surface area contributed by atoms with Crippen LogP contribution < -0.4 is 20.1 Å². The van der Waals surface area contributed by atoms with Crippen LogP contribution in [-0.4, -0.2) is 65.9 Å². The smallest absolute Gasteiger partial charge is 0.407 e. The highest BCUT2D eigenvalue weighted by Gasteiger charge is 2.30. The number of ether oxygens (including phenoxy) is 3. The molecule has 0 radical (unpaired) electrons. The topological polar surface area (TPSA) is 147 Å². The number of H-pyrrole nitrogens is 1. The molecule has 1 aromatic carbocycles. The number of nitrogens with zero attached hydrogens (tertiary/aromatic N) is 2. The number of benzene rings is 1. The molecule has 11 nitrogen and oxygen atoms in total. The number of carbonyl (C=O) groups excluding carboxylic acids is 2. The molecule has 0 spiro atoms. The number of aromatic amines is 1. The lowest BCUT2D eigenvalue weighted by Gasteiger charge is -2.14. The number of rotatable bonds is 12. The van der Waals surface area contributed by atoms with Gasteiger partial charge < -0.3 is 30.0 Å². The predicted molar refractivity (Wildman–Crippen MR) is 140 cm³/mol. The van der Waals surface area contributed by atoms with E-state index < -0.39 is 12.0 Å². The summed E-state index contributed by atoms with van der Waals surface area (Å²) in [6.45, 7) is 6.17. The summed E-state index contributed by atoms with van der Waals surface area (Å²) < 4.78 is 16.4. The molecule has 1 aliphatic rings. The van der Waals surface area contributed by atoms with Gasteiger partial charge in [-0.15, -0.1) is 0 Å². The van der Waals surface area contributed by atoms with Gasteiger partial charge in [0, 0.05) is 48.6 Å². The number of methoxy groups -OCH3 is 1. The molecular formula is C26H37N5O6. The number of phenols is 1. The molecule has 0 aliphatic heterocycles. The Morgan fingerprint density at radius 1 is 1.30 bits per heavy atom. The highest BCUT2D eigenvalue weighted by molar-refractivity contribution is 5.92. The van der Waals surface area contributed by atoms with E-state index in [9.17, 15) is 14.7 Å². The second-order valence-electron chi connectivity index (χ2n) is 9.33. The van der Waals surface area contributed by atoms with E-state index in [1.165, 1.54) is 13.2 Å². The molecule has 1 heterocycles. The number of carbonyl (C=O) groups is 2. The molecule has 0 saturated heterocycles. The lowest BCUT2D eigenvalue weighted by atomic mass is 10.0. The Kier molecular flexibility index (Phi) is 10.2. The first-order valence-corrected chi connectivity index (χ1v) is 12.6. The van der Waals surface area contributed by atoms with E-state index in [4.69, 9.17) is 14.2 Å². The number of hydrogen-bond acceptors (Lipinski definition) is 8. The fourth-order valence-electron chi connectivity index (χ4n) is 4.04. The molecule has 3 rings (SSSR count). The van der Waals surface area contributed by atoms with Gasteiger partial charge in [-0.1, -0.05) is 13.3 Å². The van der Waals surface area contributed by atoms with Gasteiger partial charge in [0.2, 0.25) is 0 Å². The van der Waals surface area contributed by atoms with Gasteiger partial charge in [0.25, 0.3) is 5.91 Å². The van der Waals surface area contributed by atoms with E-state index in [-0.39, 0.29) is 36.2 Å². The van der Waals surface area contributed by atoms with Crippen molar-refractivity contribution in [3.63, 3.8) is 0 Å². The van der Waals surface area contributed by atoms with Gasteiger partial charge in [-0.2, -0.15) is 5.10 Å². The summed E-state index contributed by atoms with van der Waals surface area (Å²) in [7, 11) is 1.48. The van der Waals surface area contributed by atoms with Crippen molar-refractivity contribution in [2.45, 2.75) is 70.9 Å². The first-order valence-electron chi connectivity index (χ1n) is 12.6. The summed E-state index contributed by atoms with van der Waals surface area (Å²) in [6, 6.07) is 4.87. The van der Waals surface area contributed by atoms with Crippen molar-refractivity contribution < 1.29 is 28.9 Å². The SMILES string of the molecule is CCCCN=Cc1c(O)cc(OC)cc1OCC(=O)Nc1cc(C2CC[C@@H](OC(=O)NC(C)C)C2)[nH]n1. The molecule has 0 bridgehead atoms. The number of unbranched alkanes of at least 4 members (excludes halogenated alkanes) is 1. The van der Waals surface area contributed by atoms with Crippen LogP contribution in [0.4, 0.5) is 10.6 Å². The van der Waals surface area contributed by atoms with Gasteiger partial charge in [-0.25, -0.2) is 4.79 Å². The fraction of sp³-hybridized carbons (Fsp3) is 0.538. The minimum Gasteiger partial charge on any atom is -0.507 e. The lowest BCUT2D eigenvalue weighted by molar-refractivity contribution is -0.118. The van der Waals surface area contributed by atoms with E-state index in [0.29, 0.717) is 30.1 Å². The van der Waals surface area contributed by atoms with Crippen molar-refractivity contribution in [1.82, 2.24) is 15.5 Å². The summed E-state index contributed by atoms with van der Waals surface area (Å²) in [4.78, 5) is 28.7. The highest BCUT2D eigenvalue weighted by Crippen LogP contribution is 2.36. The van der Waals surface area contributed by atoms with Crippen LogP contribution in [0.25, 0.3) is 0 Å². The molecule has 1 unspecified atom stereocenters. The predicted octanol–water partition coefficient (Wildman–Crippen LogP) is 4.13. The molecule has 4 N–H and O–H groups in total. The van der Waals surface area contributed by atoms with Gasteiger partial charge >= 0.3 is 6.09 Å². The largest absolute Gasteiger partial charge is 0.507 e. The zero-order valence-corrected chi connectivity index (χ0v) is 21.9. The van der Waals surface area contributed by atoms with Crippen LogP contribution in [0.5, 0.6) is 17.2 Å². The molecular weight excluding hydrogens is 478 g/mol. The standard InChI is InChI=1S/C26H37N5O6/c1-5-6-9-27-14-20-22(32)11-19(35-4)12-23(20)36-15-25(33)29-24-13-21(30-31-24)17-7-8-18(10-17)37-26(34)28-16(2)3/h11-14,16-18,32H,5-10,15H2,1-4H3,(H,28,34)(H2,29,30,31,33)/t17?,18-/m1/s1. The zero-order valence-electron chi connectivity index (χ0n) is 21.9. The molecule has 37 heavy (non-hydrogen) atoms. The van der Waals surface area contributed by atoms with E-state index in [1.807, 2.05) is 13.8 Å². The maximum Gasteiger partial charge on any atom is 0.407 e. The molecule has 1 fully saturated rings. The van der Waals surface area contributed by atoms with Gasteiger partial charge in [0.15, 0.2) is 12.4 Å². The van der Waals surface area contributed by atoms with Gasteiger partial charge in [0.1, 0.15) is 23.4 Å². The maximum atomic E-state index is 12.5. The lowest BCUT2D eigenvalue weighted by Crippen LogP contribution is -2.33. The second-order valence-corrected chi connectivity index (χ2v) is 9.33. The average Bonchev–Trinajstić information content (AvgIpc) is 3.50. The van der Waals surface area contributed by atoms with Crippen molar-refractivity contribution in [2.24, 2.45) is 4.99 Å². The number of hydrogen-bond donors (Lipinski definition) is 4. The fourth-order valence-corrected chi connectivity index (χ4v) is 4.04. The average molecular weight is 516 g/mol. The molecule has 2 aromatic rings. The monoisotopic (exact) mass is 515 g/mol. The quantitative estimate of drug-likeness (QED) is 0.245. The van der Waals surface area contributed by atoms with Crippen LogP contribution in [0.1, 0.15) is 70.1 Å². The summed E-state index contributed by atoms with van der Waals surface area (Å²) in [6.07, 6.45) is 5.22. The maximum absolute atomic E-state index is 12.5. The van der Waals surface area contributed by atoms with Crippen molar-refractivity contribution in [2.75, 3.05) is 25.6 Å². The van der Waals surface area contributed by atoms with Crippen molar-refractivity contribution in [1.29, 1.82) is 0 Å². The number of aromatic nitrogens is 2. The zero-order chi connectivity index (χ0) is 26.8. The number of nitrogens with one attached hydrogen (secondary N) is 3. The van der Waals surface area contributed by atoms with E-state index in [1.54, 1.807) is 18.3 Å². The Balaban J connectivity index is 1.55. The number of phenolic OH excluding ortho intramolecular Hbond substituents is 1. The molecule has 2 amide bonds. The minimum atomic E-state index is -0.410. The summed E-state index contributed by atoms with van der Waals surface area (Å²) in [5.74, 6) is 0.755. The summed E-state index contributed by atoms with van der Waals surface area (Å²) in [5, 5.41) is 23.0. The molecule has 11 heteroatoms. The molecule has 1 saturated carbocycles. The Morgan fingerprint density at radius 2 is 2.11 bits per heavy atom. The van der Waals surface area contributed by atoms with Crippen molar-refractivity contribution in [3.05, 3.63) is 29.5 Å². The highest BCUT2D eigenvalue weighted by atomic mass is 16.6. The van der Waals surface area contributed by atoms with Crippen molar-refractivity contribution >= 4 is 24.0 Å². The first kappa shape index (κ1) is 27.8. The Labute approximate surface area is 217 Å². The number of alkyl carbamates (subject to hydrolysis) is 1. The number of aromatic hydroxyl groups is 1. The van der Waals surface area contributed by atoms with Crippen LogP contribution in [0, 0.1) is 0 Å². The van der Waals surface area contributed by atoms with Gasteiger partial charge in [0.05, 0.1) is 12.7 Å². The van der Waals surface area contributed by atoms with Crippen LogP contribution >= 0.6 is 0 Å². The van der Waals surface area contributed by atoms with Crippen LogP contribution in [0.15, 0.2) is 23.2 Å².